The molecule has 1 aliphatic heterocycles. The molecule has 0 saturated carbocycles. The average Bonchev–Trinajstić information content (AvgIpc) is 3.03. The number of halogens is 1. The van der Waals surface area contributed by atoms with Gasteiger partial charge in [-0.1, -0.05) is 41.9 Å². The van der Waals surface area contributed by atoms with Crippen LogP contribution in [-0.2, 0) is 16.1 Å². The molecule has 0 aliphatic carbocycles. The van der Waals surface area contributed by atoms with E-state index < -0.39 is 5.92 Å². The number of rotatable bonds is 6. The van der Waals surface area contributed by atoms with Gasteiger partial charge in [-0.2, -0.15) is 0 Å². The van der Waals surface area contributed by atoms with Gasteiger partial charge in [0.05, 0.1) is 30.8 Å². The number of methoxy groups -OCH3 is 2. The molecule has 1 fully saturated rings. The first-order valence-corrected chi connectivity index (χ1v) is 8.93. The molecule has 1 atom stereocenters. The van der Waals surface area contributed by atoms with Gasteiger partial charge in [0, 0.05) is 25.6 Å². The van der Waals surface area contributed by atoms with Crippen LogP contribution in [0.2, 0.25) is 5.02 Å². The van der Waals surface area contributed by atoms with Gasteiger partial charge < -0.3 is 19.7 Å². The highest BCUT2D eigenvalue weighted by molar-refractivity contribution is 6.32. The minimum Gasteiger partial charge on any atom is -0.495 e. The van der Waals surface area contributed by atoms with E-state index in [1.54, 1.807) is 17.0 Å². The molecule has 2 amide bonds. The van der Waals surface area contributed by atoms with Gasteiger partial charge in [0.1, 0.15) is 11.5 Å². The summed E-state index contributed by atoms with van der Waals surface area (Å²) in [6.07, 6.45) is 0.185. The molecule has 1 saturated heterocycles. The maximum absolute atomic E-state index is 12.7. The number of hydrogen-bond donors (Lipinski definition) is 1. The van der Waals surface area contributed by atoms with Crippen molar-refractivity contribution in [2.45, 2.75) is 13.0 Å². The lowest BCUT2D eigenvalue weighted by molar-refractivity contribution is -0.128. The van der Waals surface area contributed by atoms with E-state index in [2.05, 4.69) is 5.32 Å². The van der Waals surface area contributed by atoms with Gasteiger partial charge in [0.15, 0.2) is 0 Å². The summed E-state index contributed by atoms with van der Waals surface area (Å²) in [6, 6.07) is 12.9. The number of ether oxygens (including phenoxy) is 2. The third kappa shape index (κ3) is 4.34. The molecule has 0 bridgehead atoms. The number of carbonyl (C=O) groups is 2. The van der Waals surface area contributed by atoms with Gasteiger partial charge >= 0.3 is 0 Å². The minimum absolute atomic E-state index is 0.0290. The van der Waals surface area contributed by atoms with Gasteiger partial charge in [-0.15, -0.1) is 0 Å². The van der Waals surface area contributed by atoms with Crippen molar-refractivity contribution < 1.29 is 19.1 Å². The first-order valence-electron chi connectivity index (χ1n) is 8.56. The number of hydrogen-bond acceptors (Lipinski definition) is 4. The van der Waals surface area contributed by atoms with Crippen LogP contribution in [0.5, 0.6) is 11.5 Å². The second-order valence-electron chi connectivity index (χ2n) is 6.34. The summed E-state index contributed by atoms with van der Waals surface area (Å²) in [4.78, 5) is 26.7. The molecule has 142 valence electrons. The fraction of sp³-hybridized carbons (Fsp3) is 0.300. The van der Waals surface area contributed by atoms with Crippen LogP contribution in [0, 0.1) is 5.92 Å². The number of nitrogens with one attached hydrogen (secondary N) is 1. The van der Waals surface area contributed by atoms with Crippen LogP contribution in [-0.4, -0.2) is 37.5 Å². The first-order chi connectivity index (χ1) is 13.0. The average molecular weight is 389 g/mol. The van der Waals surface area contributed by atoms with Crippen molar-refractivity contribution in [2.24, 2.45) is 5.92 Å². The topological polar surface area (TPSA) is 67.9 Å². The zero-order chi connectivity index (χ0) is 19.4. The number of benzene rings is 2. The SMILES string of the molecule is COc1cc(OC)c(NC(=O)[C@@H]2CC(=O)N(Cc3ccccc3)C2)cc1Cl. The zero-order valence-electron chi connectivity index (χ0n) is 15.2. The normalized spacial score (nSPS) is 16.3. The lowest BCUT2D eigenvalue weighted by Crippen LogP contribution is -2.28. The molecule has 2 aromatic carbocycles. The number of nitrogens with zero attached hydrogens (tertiary/aromatic N) is 1. The van der Waals surface area contributed by atoms with E-state index in [1.807, 2.05) is 30.3 Å². The van der Waals surface area contributed by atoms with Gasteiger partial charge in [0.25, 0.3) is 0 Å². The van der Waals surface area contributed by atoms with Gasteiger partial charge in [-0.25, -0.2) is 0 Å². The Kier molecular flexibility index (Phi) is 5.86. The van der Waals surface area contributed by atoms with Crippen molar-refractivity contribution in [3.63, 3.8) is 0 Å². The maximum Gasteiger partial charge on any atom is 0.229 e. The highest BCUT2D eigenvalue weighted by Gasteiger charge is 2.34. The van der Waals surface area contributed by atoms with Crippen molar-refractivity contribution in [1.82, 2.24) is 4.90 Å². The van der Waals surface area contributed by atoms with Crippen LogP contribution in [0.4, 0.5) is 5.69 Å². The third-order valence-corrected chi connectivity index (χ3v) is 4.83. The van der Waals surface area contributed by atoms with E-state index in [0.29, 0.717) is 35.3 Å². The molecule has 1 aliphatic rings. The fourth-order valence-corrected chi connectivity index (χ4v) is 3.34. The molecule has 2 aromatic rings. The summed E-state index contributed by atoms with van der Waals surface area (Å²) in [5, 5.41) is 3.18. The monoisotopic (exact) mass is 388 g/mol. The molecular formula is C20H21ClN2O4. The molecule has 0 unspecified atom stereocenters. The second kappa shape index (κ2) is 8.31. The van der Waals surface area contributed by atoms with Crippen molar-refractivity contribution in [1.29, 1.82) is 0 Å². The van der Waals surface area contributed by atoms with E-state index >= 15 is 0 Å². The summed E-state index contributed by atoms with van der Waals surface area (Å²) in [5.41, 5.74) is 1.48. The molecule has 3 rings (SSSR count). The maximum atomic E-state index is 12.7. The zero-order valence-corrected chi connectivity index (χ0v) is 16.0. The second-order valence-corrected chi connectivity index (χ2v) is 6.74. The summed E-state index contributed by atoms with van der Waals surface area (Å²) >= 11 is 6.14. The Hall–Kier alpha value is -2.73. The van der Waals surface area contributed by atoms with E-state index in [-0.39, 0.29) is 18.2 Å². The Morgan fingerprint density at radius 1 is 1.19 bits per heavy atom. The Bertz CT molecular complexity index is 841. The van der Waals surface area contributed by atoms with E-state index in [9.17, 15) is 9.59 Å². The van der Waals surface area contributed by atoms with Crippen LogP contribution >= 0.6 is 11.6 Å². The van der Waals surface area contributed by atoms with Crippen molar-refractivity contribution in [2.75, 3.05) is 26.1 Å². The molecule has 1 N–H and O–H groups in total. The van der Waals surface area contributed by atoms with Crippen molar-refractivity contribution in [3.05, 3.63) is 53.1 Å². The lowest BCUT2D eigenvalue weighted by atomic mass is 10.1. The molecular weight excluding hydrogens is 368 g/mol. The van der Waals surface area contributed by atoms with Crippen molar-refractivity contribution in [3.8, 4) is 11.5 Å². The smallest absolute Gasteiger partial charge is 0.229 e. The third-order valence-electron chi connectivity index (χ3n) is 4.53. The van der Waals surface area contributed by atoms with Crippen LogP contribution in [0.1, 0.15) is 12.0 Å². The van der Waals surface area contributed by atoms with Crippen molar-refractivity contribution >= 4 is 29.1 Å². The van der Waals surface area contributed by atoms with E-state index in [4.69, 9.17) is 21.1 Å². The van der Waals surface area contributed by atoms with E-state index in [1.165, 1.54) is 14.2 Å². The molecule has 7 heteroatoms. The number of carbonyl (C=O) groups excluding carboxylic acids is 2. The molecule has 0 aromatic heterocycles. The molecule has 0 radical (unpaired) electrons. The van der Waals surface area contributed by atoms with Crippen LogP contribution in [0.15, 0.2) is 42.5 Å². The predicted octanol–water partition coefficient (Wildman–Crippen LogP) is 3.34. The minimum atomic E-state index is -0.424. The summed E-state index contributed by atoms with van der Waals surface area (Å²) in [6.45, 7) is 0.882. The largest absolute Gasteiger partial charge is 0.495 e. The molecule has 1 heterocycles. The predicted molar refractivity (Wildman–Crippen MR) is 103 cm³/mol. The molecule has 27 heavy (non-hydrogen) atoms. The highest BCUT2D eigenvalue weighted by atomic mass is 35.5. The molecule has 6 nitrogen and oxygen atoms in total. The summed E-state index contributed by atoms with van der Waals surface area (Å²) in [5.74, 6) is 0.204. The lowest BCUT2D eigenvalue weighted by Gasteiger charge is -2.17. The van der Waals surface area contributed by atoms with E-state index in [0.717, 1.165) is 5.56 Å². The summed E-state index contributed by atoms with van der Waals surface area (Å²) in [7, 11) is 3.00. The highest BCUT2D eigenvalue weighted by Crippen LogP contribution is 2.36. The Labute approximate surface area is 163 Å². The summed E-state index contributed by atoms with van der Waals surface area (Å²) < 4.78 is 10.5. The van der Waals surface area contributed by atoms with Gasteiger partial charge in [0.2, 0.25) is 11.8 Å². The number of anilines is 1. The number of amides is 2. The Balaban J connectivity index is 1.68. The quantitative estimate of drug-likeness (QED) is 0.824. The van der Waals surface area contributed by atoms with Crippen LogP contribution in [0.3, 0.4) is 0 Å². The first kappa shape index (κ1) is 19.0. The fourth-order valence-electron chi connectivity index (χ4n) is 3.10. The standard InChI is InChI=1S/C20H21ClN2O4/c1-26-17-10-18(27-2)16(9-15(17)21)22-20(25)14-8-19(24)23(12-14)11-13-6-4-3-5-7-13/h3-7,9-10,14H,8,11-12H2,1-2H3,(H,22,25)/t14-/m1/s1. The van der Waals surface area contributed by atoms with Gasteiger partial charge in [-0.3, -0.25) is 9.59 Å². The van der Waals surface area contributed by atoms with Crippen LogP contribution < -0.4 is 14.8 Å². The number of likely N-dealkylation sites (tertiary alicyclic amines) is 1. The van der Waals surface area contributed by atoms with Crippen LogP contribution in [0.25, 0.3) is 0 Å². The van der Waals surface area contributed by atoms with Gasteiger partial charge in [-0.05, 0) is 11.6 Å². The Morgan fingerprint density at radius 2 is 1.89 bits per heavy atom. The Morgan fingerprint density at radius 3 is 2.56 bits per heavy atom. The molecule has 0 spiro atoms.